The first-order chi connectivity index (χ1) is 12.1. The van der Waals surface area contributed by atoms with Crippen LogP contribution in [0.3, 0.4) is 0 Å². The number of ketones is 1. The summed E-state index contributed by atoms with van der Waals surface area (Å²) < 4.78 is 5.19. The van der Waals surface area contributed by atoms with Crippen LogP contribution < -0.4 is 0 Å². The lowest BCUT2D eigenvalue weighted by Crippen LogP contribution is -2.42. The van der Waals surface area contributed by atoms with Crippen molar-refractivity contribution >= 4 is 28.7 Å². The van der Waals surface area contributed by atoms with E-state index in [1.54, 1.807) is 52.0 Å². The molecule has 0 atom stereocenters. The number of fused-ring (bicyclic) bond motifs is 1. The molecule has 1 aromatic carbocycles. The van der Waals surface area contributed by atoms with Crippen molar-refractivity contribution in [3.63, 3.8) is 0 Å². The fraction of sp³-hybridized carbons (Fsp3) is 0.389. The first-order valence-corrected chi connectivity index (χ1v) is 8.03. The Morgan fingerprint density at radius 2 is 1.85 bits per heavy atom. The third-order valence-electron chi connectivity index (χ3n) is 3.36. The Kier molecular flexibility index (Phi) is 5.54. The van der Waals surface area contributed by atoms with Crippen molar-refractivity contribution in [2.24, 2.45) is 0 Å². The highest BCUT2D eigenvalue weighted by Crippen LogP contribution is 2.18. The van der Waals surface area contributed by atoms with Crippen molar-refractivity contribution in [3.05, 3.63) is 35.5 Å². The van der Waals surface area contributed by atoms with E-state index in [1.165, 1.54) is 0 Å². The molecule has 8 heteroatoms. The Morgan fingerprint density at radius 1 is 1.15 bits per heavy atom. The van der Waals surface area contributed by atoms with Crippen LogP contribution in [0.2, 0.25) is 0 Å². The molecular formula is C18H21N3O5. The lowest BCUT2D eigenvalue weighted by molar-refractivity contribution is -0.138. The van der Waals surface area contributed by atoms with Crippen molar-refractivity contribution in [3.8, 4) is 0 Å². The molecule has 0 saturated carbocycles. The Morgan fingerprint density at radius 3 is 2.46 bits per heavy atom. The minimum absolute atomic E-state index is 0.347. The second kappa shape index (κ2) is 7.47. The van der Waals surface area contributed by atoms with Crippen LogP contribution in [0.1, 0.15) is 36.8 Å². The van der Waals surface area contributed by atoms with Gasteiger partial charge in [-0.1, -0.05) is 12.1 Å². The maximum absolute atomic E-state index is 12.7. The number of carbonyl (C=O) groups is 3. The highest BCUT2D eigenvalue weighted by atomic mass is 16.6. The van der Waals surface area contributed by atoms with Crippen LogP contribution in [0.5, 0.6) is 0 Å². The van der Waals surface area contributed by atoms with E-state index in [2.05, 4.69) is 10.2 Å². The average Bonchev–Trinajstić information content (AvgIpc) is 2.51. The Balaban J connectivity index is 2.31. The van der Waals surface area contributed by atoms with Gasteiger partial charge in [0, 0.05) is 10.9 Å². The van der Waals surface area contributed by atoms with E-state index < -0.39 is 36.5 Å². The molecule has 138 valence electrons. The molecule has 1 heterocycles. The van der Waals surface area contributed by atoms with Crippen LogP contribution in [-0.2, 0) is 9.53 Å². The van der Waals surface area contributed by atoms with Crippen LogP contribution in [0.25, 0.3) is 10.9 Å². The summed E-state index contributed by atoms with van der Waals surface area (Å²) in [5.74, 6) is -1.64. The maximum atomic E-state index is 12.7. The predicted octanol–water partition coefficient (Wildman–Crippen LogP) is 2.44. The van der Waals surface area contributed by atoms with Crippen molar-refractivity contribution in [2.75, 3.05) is 13.1 Å². The van der Waals surface area contributed by atoms with Crippen LogP contribution in [0.15, 0.2) is 24.3 Å². The summed E-state index contributed by atoms with van der Waals surface area (Å²) in [7, 11) is 0. The fourth-order valence-electron chi connectivity index (χ4n) is 2.34. The van der Waals surface area contributed by atoms with Gasteiger partial charge in [-0.15, -0.1) is 0 Å². The van der Waals surface area contributed by atoms with Crippen molar-refractivity contribution < 1.29 is 24.2 Å². The molecule has 0 aliphatic heterocycles. The van der Waals surface area contributed by atoms with Gasteiger partial charge in [-0.3, -0.25) is 14.5 Å². The number of aromatic nitrogens is 2. The average molecular weight is 359 g/mol. The number of aliphatic carboxylic acids is 1. The normalized spacial score (nSPS) is 11.2. The van der Waals surface area contributed by atoms with Gasteiger partial charge in [0.05, 0.1) is 17.8 Å². The van der Waals surface area contributed by atoms with Gasteiger partial charge < -0.3 is 9.84 Å². The number of carboxylic acid groups (broad SMARTS) is 1. The number of aryl methyl sites for hydroxylation is 1. The Bertz CT molecular complexity index is 858. The molecule has 0 radical (unpaired) electrons. The van der Waals surface area contributed by atoms with Crippen molar-refractivity contribution in [1.82, 2.24) is 15.1 Å². The van der Waals surface area contributed by atoms with E-state index in [4.69, 9.17) is 9.84 Å². The summed E-state index contributed by atoms with van der Waals surface area (Å²) in [6.45, 7) is 5.70. The molecule has 1 N–H and O–H groups in total. The molecule has 26 heavy (non-hydrogen) atoms. The van der Waals surface area contributed by atoms with Gasteiger partial charge in [-0.05, 0) is 39.8 Å². The number of nitrogens with zero attached hydrogens (tertiary/aromatic N) is 3. The largest absolute Gasteiger partial charge is 0.480 e. The van der Waals surface area contributed by atoms with E-state index >= 15 is 0 Å². The SMILES string of the molecule is Cc1cc2c(C(=O)CN(CC(=O)O)C(=O)OC(C)(C)C)cccc2nn1. The molecule has 0 fully saturated rings. The Hall–Kier alpha value is -3.03. The summed E-state index contributed by atoms with van der Waals surface area (Å²) in [5.41, 5.74) is 0.735. The van der Waals surface area contributed by atoms with Gasteiger partial charge >= 0.3 is 12.1 Å². The highest BCUT2D eigenvalue weighted by Gasteiger charge is 2.26. The second-order valence-corrected chi connectivity index (χ2v) is 6.88. The summed E-state index contributed by atoms with van der Waals surface area (Å²) in [6, 6.07) is 6.72. The molecule has 1 amide bonds. The van der Waals surface area contributed by atoms with Crippen LogP contribution >= 0.6 is 0 Å². The number of hydrogen-bond acceptors (Lipinski definition) is 6. The zero-order valence-corrected chi connectivity index (χ0v) is 15.1. The fourth-order valence-corrected chi connectivity index (χ4v) is 2.34. The quantitative estimate of drug-likeness (QED) is 0.816. The number of hydrogen-bond donors (Lipinski definition) is 1. The lowest BCUT2D eigenvalue weighted by atomic mass is 10.0. The highest BCUT2D eigenvalue weighted by molar-refractivity contribution is 6.09. The molecule has 0 spiro atoms. The number of carboxylic acids is 1. The first kappa shape index (κ1) is 19.3. The summed E-state index contributed by atoms with van der Waals surface area (Å²) in [5, 5.41) is 17.6. The third-order valence-corrected chi connectivity index (χ3v) is 3.36. The molecule has 0 unspecified atom stereocenters. The van der Waals surface area contributed by atoms with Crippen molar-refractivity contribution in [2.45, 2.75) is 33.3 Å². The van der Waals surface area contributed by atoms with Gasteiger partial charge in [0.15, 0.2) is 5.78 Å². The van der Waals surface area contributed by atoms with Crippen LogP contribution in [0, 0.1) is 6.92 Å². The van der Waals surface area contributed by atoms with Gasteiger partial charge in [0.25, 0.3) is 0 Å². The zero-order chi connectivity index (χ0) is 19.5. The number of amides is 1. The van der Waals surface area contributed by atoms with E-state index in [0.29, 0.717) is 22.2 Å². The van der Waals surface area contributed by atoms with Crippen LogP contribution in [-0.4, -0.2) is 56.7 Å². The van der Waals surface area contributed by atoms with Gasteiger partial charge in [0.2, 0.25) is 0 Å². The van der Waals surface area contributed by atoms with Gasteiger partial charge in [-0.25, -0.2) is 4.79 Å². The molecule has 8 nitrogen and oxygen atoms in total. The molecule has 2 rings (SSSR count). The summed E-state index contributed by atoms with van der Waals surface area (Å²) in [6.07, 6.45) is -0.857. The number of benzene rings is 1. The molecular weight excluding hydrogens is 338 g/mol. The predicted molar refractivity (Wildman–Crippen MR) is 94.0 cm³/mol. The van der Waals surface area contributed by atoms with E-state index in [-0.39, 0.29) is 0 Å². The molecule has 0 bridgehead atoms. The van der Waals surface area contributed by atoms with E-state index in [1.807, 2.05) is 0 Å². The minimum atomic E-state index is -1.23. The molecule has 0 aliphatic carbocycles. The van der Waals surface area contributed by atoms with Gasteiger partial charge in [-0.2, -0.15) is 10.2 Å². The first-order valence-electron chi connectivity index (χ1n) is 8.03. The molecule has 0 aliphatic rings. The monoisotopic (exact) mass is 359 g/mol. The number of Topliss-reactive ketones (excluding diaryl/α,β-unsaturated/α-hetero) is 1. The van der Waals surface area contributed by atoms with Crippen molar-refractivity contribution in [1.29, 1.82) is 0 Å². The topological polar surface area (TPSA) is 110 Å². The maximum Gasteiger partial charge on any atom is 0.411 e. The zero-order valence-electron chi connectivity index (χ0n) is 15.1. The summed E-state index contributed by atoms with van der Waals surface area (Å²) >= 11 is 0. The van der Waals surface area contributed by atoms with E-state index in [9.17, 15) is 14.4 Å². The summed E-state index contributed by atoms with van der Waals surface area (Å²) in [4.78, 5) is 36.9. The van der Waals surface area contributed by atoms with E-state index in [0.717, 1.165) is 4.90 Å². The molecule has 0 saturated heterocycles. The lowest BCUT2D eigenvalue weighted by Gasteiger charge is -2.26. The Labute approximate surface area is 150 Å². The second-order valence-electron chi connectivity index (χ2n) is 6.88. The standard InChI is InChI=1S/C18H21N3O5/c1-11-8-13-12(6-5-7-14(13)20-19-11)15(22)9-21(10-16(23)24)17(25)26-18(2,3)4/h5-8H,9-10H2,1-4H3,(H,23,24). The number of carbonyl (C=O) groups excluding carboxylic acids is 2. The molecule has 2 aromatic rings. The molecule has 1 aromatic heterocycles. The minimum Gasteiger partial charge on any atom is -0.480 e. The van der Waals surface area contributed by atoms with Crippen LogP contribution in [0.4, 0.5) is 4.79 Å². The number of rotatable bonds is 5. The van der Waals surface area contributed by atoms with Gasteiger partial charge in [0.1, 0.15) is 12.1 Å². The number of ether oxygens (including phenoxy) is 1. The third kappa shape index (κ3) is 4.98. The smallest absolute Gasteiger partial charge is 0.411 e.